The molecule has 1 heterocycles. The monoisotopic (exact) mass is 326 g/mol. The molecule has 104 valence electrons. The largest absolute Gasteiger partial charge is 0.398 e. The van der Waals surface area contributed by atoms with E-state index in [0.29, 0.717) is 30.8 Å². The van der Waals surface area contributed by atoms with Gasteiger partial charge in [-0.25, -0.2) is 0 Å². The fourth-order valence-corrected chi connectivity index (χ4v) is 2.71. The fourth-order valence-electron chi connectivity index (χ4n) is 2.35. The molecule has 2 rings (SSSR count). The summed E-state index contributed by atoms with van der Waals surface area (Å²) in [5, 5.41) is 10.1. The summed E-state index contributed by atoms with van der Waals surface area (Å²) in [4.78, 5) is 14.3. The minimum Gasteiger partial charge on any atom is -0.398 e. The number of carbonyl (C=O) groups is 1. The fraction of sp³-hybridized carbons (Fsp3) is 0.500. The Balaban J connectivity index is 2.17. The lowest BCUT2D eigenvalue weighted by Gasteiger charge is -2.23. The number of nitrogens with zero attached hydrogens (tertiary/aromatic N) is 1. The third-order valence-corrected chi connectivity index (χ3v) is 4.09. The van der Waals surface area contributed by atoms with Crippen LogP contribution in [0.2, 0.25) is 0 Å². The third-order valence-electron chi connectivity index (χ3n) is 3.60. The van der Waals surface area contributed by atoms with Crippen LogP contribution in [-0.2, 0) is 0 Å². The average Bonchev–Trinajstić information content (AvgIpc) is 2.52. The van der Waals surface area contributed by atoms with Crippen molar-refractivity contribution in [1.82, 2.24) is 4.90 Å². The van der Waals surface area contributed by atoms with Crippen molar-refractivity contribution in [1.29, 1.82) is 0 Å². The molecule has 1 aromatic rings. The van der Waals surface area contributed by atoms with Gasteiger partial charge < -0.3 is 15.7 Å². The molecule has 1 saturated heterocycles. The van der Waals surface area contributed by atoms with Crippen molar-refractivity contribution in [2.75, 3.05) is 18.8 Å². The molecule has 1 aliphatic rings. The lowest BCUT2D eigenvalue weighted by molar-refractivity contribution is 0.0438. The van der Waals surface area contributed by atoms with Crippen LogP contribution in [0.4, 0.5) is 5.69 Å². The van der Waals surface area contributed by atoms with Gasteiger partial charge in [0.2, 0.25) is 0 Å². The topological polar surface area (TPSA) is 66.6 Å². The van der Waals surface area contributed by atoms with E-state index in [9.17, 15) is 9.90 Å². The molecule has 19 heavy (non-hydrogen) atoms. The van der Waals surface area contributed by atoms with Crippen LogP contribution in [0, 0.1) is 0 Å². The minimum atomic E-state index is -0.669. The number of nitrogen functional groups attached to an aromatic ring is 1. The summed E-state index contributed by atoms with van der Waals surface area (Å²) in [6, 6.07) is 5.30. The standard InChI is InChI=1S/C14H19BrN2O2/c1-14(19)5-2-7-17(8-6-14)13(18)11-9-10(15)3-4-12(11)16/h3-4,9,19H,2,5-8,16H2,1H3. The van der Waals surface area contributed by atoms with E-state index in [2.05, 4.69) is 15.9 Å². The Morgan fingerprint density at radius 2 is 2.16 bits per heavy atom. The van der Waals surface area contributed by atoms with Crippen LogP contribution >= 0.6 is 15.9 Å². The molecule has 0 bridgehead atoms. The summed E-state index contributed by atoms with van der Waals surface area (Å²) in [5.74, 6) is -0.0588. The maximum atomic E-state index is 12.5. The van der Waals surface area contributed by atoms with Gasteiger partial charge in [-0.1, -0.05) is 15.9 Å². The smallest absolute Gasteiger partial charge is 0.255 e. The van der Waals surface area contributed by atoms with Gasteiger partial charge in [-0.2, -0.15) is 0 Å². The molecule has 4 nitrogen and oxygen atoms in total. The number of nitrogens with two attached hydrogens (primary N) is 1. The number of likely N-dealkylation sites (tertiary alicyclic amines) is 1. The summed E-state index contributed by atoms with van der Waals surface area (Å²) in [5.41, 5.74) is 6.22. The molecule has 1 amide bonds. The van der Waals surface area contributed by atoms with Gasteiger partial charge in [-0.15, -0.1) is 0 Å². The lowest BCUT2D eigenvalue weighted by atomic mass is 9.98. The van der Waals surface area contributed by atoms with Gasteiger partial charge in [0.25, 0.3) is 5.91 Å². The highest BCUT2D eigenvalue weighted by atomic mass is 79.9. The zero-order chi connectivity index (χ0) is 14.0. The van der Waals surface area contributed by atoms with E-state index in [1.807, 2.05) is 13.0 Å². The van der Waals surface area contributed by atoms with Crippen LogP contribution in [-0.4, -0.2) is 34.6 Å². The van der Waals surface area contributed by atoms with Crippen LogP contribution < -0.4 is 5.73 Å². The van der Waals surface area contributed by atoms with Crippen molar-refractivity contribution < 1.29 is 9.90 Å². The molecule has 1 aliphatic heterocycles. The molecule has 1 unspecified atom stereocenters. The van der Waals surface area contributed by atoms with Crippen LogP contribution in [0.25, 0.3) is 0 Å². The lowest BCUT2D eigenvalue weighted by Crippen LogP contribution is -2.34. The average molecular weight is 327 g/mol. The Morgan fingerprint density at radius 1 is 1.42 bits per heavy atom. The van der Waals surface area contributed by atoms with E-state index in [-0.39, 0.29) is 5.91 Å². The normalized spacial score (nSPS) is 24.1. The molecule has 0 aliphatic carbocycles. The first kappa shape index (κ1) is 14.3. The summed E-state index contributed by atoms with van der Waals surface area (Å²) in [7, 11) is 0. The van der Waals surface area contributed by atoms with Crippen molar-refractivity contribution in [3.05, 3.63) is 28.2 Å². The second-order valence-corrected chi connectivity index (χ2v) is 6.29. The molecular formula is C14H19BrN2O2. The van der Waals surface area contributed by atoms with E-state index in [0.717, 1.165) is 17.3 Å². The first-order chi connectivity index (χ1) is 8.89. The van der Waals surface area contributed by atoms with E-state index in [1.54, 1.807) is 17.0 Å². The summed E-state index contributed by atoms with van der Waals surface area (Å²) >= 11 is 3.36. The Bertz CT molecular complexity index is 488. The SMILES string of the molecule is CC1(O)CCCN(C(=O)c2cc(Br)ccc2N)CC1. The number of carbonyl (C=O) groups excluding carboxylic acids is 1. The number of hydrogen-bond acceptors (Lipinski definition) is 3. The van der Waals surface area contributed by atoms with Gasteiger partial charge in [-0.05, 0) is 44.4 Å². The zero-order valence-electron chi connectivity index (χ0n) is 11.0. The molecule has 1 fully saturated rings. The van der Waals surface area contributed by atoms with Crippen molar-refractivity contribution in [3.63, 3.8) is 0 Å². The number of hydrogen-bond donors (Lipinski definition) is 2. The molecule has 0 saturated carbocycles. The predicted octanol–water partition coefficient (Wildman–Crippen LogP) is 2.41. The van der Waals surface area contributed by atoms with Crippen molar-refractivity contribution >= 4 is 27.5 Å². The number of halogens is 1. The van der Waals surface area contributed by atoms with E-state index < -0.39 is 5.60 Å². The van der Waals surface area contributed by atoms with Gasteiger partial charge in [0.05, 0.1) is 11.2 Å². The van der Waals surface area contributed by atoms with Crippen molar-refractivity contribution in [2.45, 2.75) is 31.8 Å². The van der Waals surface area contributed by atoms with E-state index >= 15 is 0 Å². The molecule has 1 atom stereocenters. The molecule has 0 spiro atoms. The van der Waals surface area contributed by atoms with Gasteiger partial charge in [0, 0.05) is 23.2 Å². The van der Waals surface area contributed by atoms with Crippen molar-refractivity contribution in [2.24, 2.45) is 0 Å². The third kappa shape index (κ3) is 3.48. The van der Waals surface area contributed by atoms with Crippen LogP contribution in [0.3, 0.4) is 0 Å². The second-order valence-electron chi connectivity index (χ2n) is 5.37. The highest BCUT2D eigenvalue weighted by Gasteiger charge is 2.28. The van der Waals surface area contributed by atoms with Crippen LogP contribution in [0.5, 0.6) is 0 Å². The van der Waals surface area contributed by atoms with Crippen LogP contribution in [0.1, 0.15) is 36.5 Å². The molecule has 1 aromatic carbocycles. The molecule has 0 aromatic heterocycles. The highest BCUT2D eigenvalue weighted by Crippen LogP contribution is 2.25. The number of rotatable bonds is 1. The Labute approximate surface area is 121 Å². The summed E-state index contributed by atoms with van der Waals surface area (Å²) in [6.07, 6.45) is 2.14. The van der Waals surface area contributed by atoms with Gasteiger partial charge in [0.1, 0.15) is 0 Å². The highest BCUT2D eigenvalue weighted by molar-refractivity contribution is 9.10. The maximum absolute atomic E-state index is 12.5. The van der Waals surface area contributed by atoms with Gasteiger partial charge >= 0.3 is 0 Å². The zero-order valence-corrected chi connectivity index (χ0v) is 12.6. The Morgan fingerprint density at radius 3 is 2.89 bits per heavy atom. The number of aliphatic hydroxyl groups is 1. The van der Waals surface area contributed by atoms with Gasteiger partial charge in [0.15, 0.2) is 0 Å². The summed E-state index contributed by atoms with van der Waals surface area (Å²) in [6.45, 7) is 3.06. The molecule has 3 N–H and O–H groups in total. The van der Waals surface area contributed by atoms with Crippen molar-refractivity contribution in [3.8, 4) is 0 Å². The Kier molecular flexibility index (Phi) is 4.16. The van der Waals surface area contributed by atoms with Gasteiger partial charge in [-0.3, -0.25) is 4.79 Å². The maximum Gasteiger partial charge on any atom is 0.255 e. The van der Waals surface area contributed by atoms with Crippen LogP contribution in [0.15, 0.2) is 22.7 Å². The first-order valence-corrected chi connectivity index (χ1v) is 7.25. The summed E-state index contributed by atoms with van der Waals surface area (Å²) < 4.78 is 0.840. The van der Waals surface area contributed by atoms with E-state index in [1.165, 1.54) is 0 Å². The molecule has 5 heteroatoms. The number of amides is 1. The minimum absolute atomic E-state index is 0.0588. The Hall–Kier alpha value is -1.07. The van der Waals surface area contributed by atoms with E-state index in [4.69, 9.17) is 5.73 Å². The second kappa shape index (κ2) is 5.51. The first-order valence-electron chi connectivity index (χ1n) is 6.46. The predicted molar refractivity (Wildman–Crippen MR) is 78.9 cm³/mol. The number of benzene rings is 1. The molecular weight excluding hydrogens is 308 g/mol. The molecule has 0 radical (unpaired) electrons. The number of anilines is 1. The quantitative estimate of drug-likeness (QED) is 0.779.